The summed E-state index contributed by atoms with van der Waals surface area (Å²) in [4.78, 5) is 27.6. The Kier molecular flexibility index (Phi) is 5.38. The molecule has 3 heterocycles. The van der Waals surface area contributed by atoms with Crippen LogP contribution in [0.4, 0.5) is 0 Å². The van der Waals surface area contributed by atoms with Crippen LogP contribution < -0.4 is 9.47 Å². The van der Waals surface area contributed by atoms with Crippen LogP contribution in [0.25, 0.3) is 5.76 Å². The lowest BCUT2D eigenvalue weighted by Gasteiger charge is -2.23. The van der Waals surface area contributed by atoms with Gasteiger partial charge in [-0.15, -0.1) is 0 Å². The summed E-state index contributed by atoms with van der Waals surface area (Å²) in [5.41, 5.74) is 1.41. The first kappa shape index (κ1) is 20.9. The average Bonchev–Trinajstić information content (AvgIpc) is 3.38. The first-order valence-corrected chi connectivity index (χ1v) is 10.8. The second-order valence-corrected chi connectivity index (χ2v) is 8.03. The van der Waals surface area contributed by atoms with Gasteiger partial charge in [-0.25, -0.2) is 0 Å². The molecule has 1 amide bonds. The molecule has 1 fully saturated rings. The number of ketones is 1. The van der Waals surface area contributed by atoms with Crippen LogP contribution in [0, 0.1) is 6.92 Å². The monoisotopic (exact) mass is 445 g/mol. The second kappa shape index (κ2) is 8.50. The lowest BCUT2D eigenvalue weighted by atomic mass is 9.99. The van der Waals surface area contributed by atoms with Gasteiger partial charge in [-0.05, 0) is 49.2 Å². The summed E-state index contributed by atoms with van der Waals surface area (Å²) in [5.74, 6) is 0.454. The third-order valence-electron chi connectivity index (χ3n) is 5.87. The molecule has 168 valence electrons. The van der Waals surface area contributed by atoms with Crippen LogP contribution >= 0.6 is 0 Å². The maximum atomic E-state index is 13.1. The van der Waals surface area contributed by atoms with Gasteiger partial charge in [0.25, 0.3) is 11.7 Å². The van der Waals surface area contributed by atoms with E-state index in [0.29, 0.717) is 54.8 Å². The number of aliphatic hydroxyl groups excluding tert-OH is 1. The zero-order valence-corrected chi connectivity index (χ0v) is 18.1. The standard InChI is InChI=1S/C26H23NO6/c1-16-7-9-20(33-16)23-22(24(28)18-8-10-19-21(15-18)32-14-13-31-19)25(29)26(30)27(23)12-11-17-5-3-2-4-6-17/h2-10,15,23,28H,11-14H2,1H3/b24-22+/t23-/m0/s1. The summed E-state index contributed by atoms with van der Waals surface area (Å²) >= 11 is 0. The Morgan fingerprint density at radius 1 is 1.00 bits per heavy atom. The number of ether oxygens (including phenoxy) is 2. The minimum absolute atomic E-state index is 0.000843. The van der Waals surface area contributed by atoms with Crippen LogP contribution in [0.15, 0.2) is 70.7 Å². The molecule has 0 saturated carbocycles. The Labute approximate surface area is 190 Å². The summed E-state index contributed by atoms with van der Waals surface area (Å²) in [6.07, 6.45) is 0.564. The maximum absolute atomic E-state index is 13.1. The molecule has 1 atom stereocenters. The van der Waals surface area contributed by atoms with Crippen molar-refractivity contribution < 1.29 is 28.6 Å². The SMILES string of the molecule is Cc1ccc([C@H]2/C(=C(\O)c3ccc4c(c3)OCCO4)C(=O)C(=O)N2CCc2ccccc2)o1. The predicted octanol–water partition coefficient (Wildman–Crippen LogP) is 4.02. The van der Waals surface area contributed by atoms with E-state index in [1.807, 2.05) is 30.3 Å². The number of nitrogens with zero attached hydrogens (tertiary/aromatic N) is 1. The van der Waals surface area contributed by atoms with Crippen molar-refractivity contribution in [1.29, 1.82) is 0 Å². The van der Waals surface area contributed by atoms with Gasteiger partial charge in [0.1, 0.15) is 36.5 Å². The number of aryl methyl sites for hydroxylation is 1. The average molecular weight is 445 g/mol. The van der Waals surface area contributed by atoms with E-state index in [-0.39, 0.29) is 11.3 Å². The third kappa shape index (κ3) is 3.86. The number of aliphatic hydroxyl groups is 1. The lowest BCUT2D eigenvalue weighted by molar-refractivity contribution is -0.140. The molecule has 0 aliphatic carbocycles. The molecule has 0 bridgehead atoms. The van der Waals surface area contributed by atoms with Crippen molar-refractivity contribution in [3.63, 3.8) is 0 Å². The highest BCUT2D eigenvalue weighted by Gasteiger charge is 2.47. The van der Waals surface area contributed by atoms with Crippen molar-refractivity contribution >= 4 is 17.4 Å². The molecule has 33 heavy (non-hydrogen) atoms. The van der Waals surface area contributed by atoms with Gasteiger partial charge in [0.05, 0.1) is 5.57 Å². The van der Waals surface area contributed by atoms with Crippen molar-refractivity contribution in [2.75, 3.05) is 19.8 Å². The molecule has 1 saturated heterocycles. The van der Waals surface area contributed by atoms with Crippen molar-refractivity contribution in [3.8, 4) is 11.5 Å². The number of fused-ring (bicyclic) bond motifs is 1. The predicted molar refractivity (Wildman–Crippen MR) is 120 cm³/mol. The number of furan rings is 1. The van der Waals surface area contributed by atoms with Crippen molar-refractivity contribution in [2.45, 2.75) is 19.4 Å². The van der Waals surface area contributed by atoms with E-state index in [9.17, 15) is 14.7 Å². The summed E-state index contributed by atoms with van der Waals surface area (Å²) in [5, 5.41) is 11.2. The Morgan fingerprint density at radius 2 is 1.76 bits per heavy atom. The fourth-order valence-electron chi connectivity index (χ4n) is 4.25. The normalized spacial score (nSPS) is 19.2. The molecule has 1 N–H and O–H groups in total. The largest absolute Gasteiger partial charge is 0.507 e. The van der Waals surface area contributed by atoms with Crippen LogP contribution in [0.5, 0.6) is 11.5 Å². The van der Waals surface area contributed by atoms with Crippen molar-refractivity contribution in [3.05, 3.63) is 88.9 Å². The molecule has 3 aromatic rings. The molecule has 2 aromatic carbocycles. The van der Waals surface area contributed by atoms with Gasteiger partial charge in [0.2, 0.25) is 0 Å². The first-order valence-electron chi connectivity index (χ1n) is 10.8. The highest BCUT2D eigenvalue weighted by Crippen LogP contribution is 2.41. The second-order valence-electron chi connectivity index (χ2n) is 8.03. The minimum atomic E-state index is -0.824. The fourth-order valence-corrected chi connectivity index (χ4v) is 4.25. The number of benzene rings is 2. The Hall–Kier alpha value is -4.00. The van der Waals surface area contributed by atoms with Gasteiger partial charge >= 0.3 is 0 Å². The smallest absolute Gasteiger partial charge is 0.295 e. The highest BCUT2D eigenvalue weighted by molar-refractivity contribution is 6.46. The Balaban J connectivity index is 1.56. The number of amides is 1. The molecular formula is C26H23NO6. The molecular weight excluding hydrogens is 422 g/mol. The van der Waals surface area contributed by atoms with Gasteiger partial charge in [0, 0.05) is 12.1 Å². The molecule has 7 heteroatoms. The van der Waals surface area contributed by atoms with Crippen LogP contribution in [-0.4, -0.2) is 41.5 Å². The van der Waals surface area contributed by atoms with E-state index in [2.05, 4.69) is 0 Å². The van der Waals surface area contributed by atoms with Crippen LogP contribution in [0.2, 0.25) is 0 Å². The van der Waals surface area contributed by atoms with E-state index in [1.165, 1.54) is 4.90 Å². The molecule has 0 spiro atoms. The minimum Gasteiger partial charge on any atom is -0.507 e. The number of likely N-dealkylation sites (tertiary alicyclic amines) is 1. The maximum Gasteiger partial charge on any atom is 0.295 e. The summed E-state index contributed by atoms with van der Waals surface area (Å²) < 4.78 is 17.0. The van der Waals surface area contributed by atoms with Crippen LogP contribution in [-0.2, 0) is 16.0 Å². The van der Waals surface area contributed by atoms with Gasteiger partial charge in [-0.1, -0.05) is 30.3 Å². The molecule has 1 aromatic heterocycles. The molecule has 0 unspecified atom stereocenters. The van der Waals surface area contributed by atoms with E-state index >= 15 is 0 Å². The zero-order chi connectivity index (χ0) is 22.9. The van der Waals surface area contributed by atoms with Gasteiger partial charge in [-0.3, -0.25) is 9.59 Å². The number of rotatable bonds is 5. The fraction of sp³-hybridized carbons (Fsp3) is 0.231. The van der Waals surface area contributed by atoms with E-state index in [0.717, 1.165) is 5.56 Å². The first-order chi connectivity index (χ1) is 16.0. The van der Waals surface area contributed by atoms with Crippen LogP contribution in [0.1, 0.15) is 28.7 Å². The Morgan fingerprint density at radius 3 is 2.48 bits per heavy atom. The number of carbonyl (C=O) groups excluding carboxylic acids is 2. The summed E-state index contributed by atoms with van der Waals surface area (Å²) in [7, 11) is 0. The van der Waals surface area contributed by atoms with Crippen molar-refractivity contribution in [2.24, 2.45) is 0 Å². The van der Waals surface area contributed by atoms with Gasteiger partial charge < -0.3 is 23.9 Å². The molecule has 7 nitrogen and oxygen atoms in total. The lowest BCUT2D eigenvalue weighted by Crippen LogP contribution is -2.31. The number of hydrogen-bond donors (Lipinski definition) is 1. The Bertz CT molecular complexity index is 1240. The molecule has 5 rings (SSSR count). The number of hydrogen-bond acceptors (Lipinski definition) is 6. The summed E-state index contributed by atoms with van der Waals surface area (Å²) in [6.45, 7) is 2.94. The number of Topliss-reactive ketones (excluding diaryl/α,β-unsaturated/α-hetero) is 1. The van der Waals surface area contributed by atoms with Crippen molar-refractivity contribution in [1.82, 2.24) is 4.90 Å². The molecule has 0 radical (unpaired) electrons. The van der Waals surface area contributed by atoms with E-state index in [1.54, 1.807) is 37.3 Å². The molecule has 2 aliphatic heterocycles. The third-order valence-corrected chi connectivity index (χ3v) is 5.87. The van der Waals surface area contributed by atoms with Crippen LogP contribution in [0.3, 0.4) is 0 Å². The van der Waals surface area contributed by atoms with Gasteiger partial charge in [0.15, 0.2) is 11.5 Å². The molecule has 2 aliphatic rings. The summed E-state index contributed by atoms with van der Waals surface area (Å²) in [6, 6.07) is 17.4. The van der Waals surface area contributed by atoms with E-state index in [4.69, 9.17) is 13.9 Å². The zero-order valence-electron chi connectivity index (χ0n) is 18.1. The quantitative estimate of drug-likeness (QED) is 0.362. The van der Waals surface area contributed by atoms with Gasteiger partial charge in [-0.2, -0.15) is 0 Å². The highest BCUT2D eigenvalue weighted by atomic mass is 16.6. The topological polar surface area (TPSA) is 89.2 Å². The van der Waals surface area contributed by atoms with E-state index < -0.39 is 17.7 Å². The number of carbonyl (C=O) groups is 2.